The second kappa shape index (κ2) is 38.6. The molecule has 0 saturated carbocycles. The highest BCUT2D eigenvalue weighted by Gasteiger charge is 2.27. The minimum atomic E-state index is -4.66. The van der Waals surface area contributed by atoms with Gasteiger partial charge in [0, 0.05) is 6.42 Å². The van der Waals surface area contributed by atoms with Gasteiger partial charge in [0.15, 0.2) is 0 Å². The molecular weight excluding hydrogens is 717 g/mol. The molecule has 0 aliphatic heterocycles. The normalized spacial score (nSPS) is 15.3. The van der Waals surface area contributed by atoms with Crippen LogP contribution in [0.1, 0.15) is 104 Å². The van der Waals surface area contributed by atoms with E-state index in [0.717, 1.165) is 64.2 Å². The van der Waals surface area contributed by atoms with Crippen molar-refractivity contribution in [3.8, 4) is 0 Å². The Bertz CT molecular complexity index is 1320. The largest absolute Gasteiger partial charge is 0.480 e. The number of unbranched alkanes of at least 4 members (excludes halogenated alkanes) is 1. The number of carbonyl (C=O) groups excluding carboxylic acids is 1. The van der Waals surface area contributed by atoms with Gasteiger partial charge in [-0.3, -0.25) is 18.6 Å². The number of hydrogen-bond acceptors (Lipinski definition) is 8. The van der Waals surface area contributed by atoms with E-state index in [2.05, 4.69) is 122 Å². The van der Waals surface area contributed by atoms with Crippen LogP contribution in [-0.4, -0.2) is 60.5 Å². The van der Waals surface area contributed by atoms with Crippen LogP contribution in [0.4, 0.5) is 0 Å². The number of rotatable bonds is 35. The molecule has 0 aliphatic carbocycles. The third-order valence-corrected chi connectivity index (χ3v) is 8.21. The Morgan fingerprint density at radius 1 is 0.582 bits per heavy atom. The Labute approximate surface area is 331 Å². The molecule has 0 spiro atoms. The summed E-state index contributed by atoms with van der Waals surface area (Å²) in [5.41, 5.74) is 5.33. The first kappa shape index (κ1) is 51.4. The topological polar surface area (TPSA) is 155 Å². The smallest absolute Gasteiger partial charge is 0.472 e. The van der Waals surface area contributed by atoms with E-state index in [4.69, 9.17) is 24.8 Å². The highest BCUT2D eigenvalue weighted by molar-refractivity contribution is 7.47. The zero-order chi connectivity index (χ0) is 40.5. The second-order valence-electron chi connectivity index (χ2n) is 12.3. The van der Waals surface area contributed by atoms with E-state index >= 15 is 0 Å². The Kier molecular flexibility index (Phi) is 36.1. The van der Waals surface area contributed by atoms with E-state index in [0.29, 0.717) is 25.9 Å². The van der Waals surface area contributed by atoms with Gasteiger partial charge < -0.3 is 25.2 Å². The van der Waals surface area contributed by atoms with Crippen LogP contribution >= 0.6 is 7.82 Å². The fourth-order valence-electron chi connectivity index (χ4n) is 4.29. The van der Waals surface area contributed by atoms with Crippen molar-refractivity contribution in [2.75, 3.05) is 26.4 Å². The van der Waals surface area contributed by atoms with Gasteiger partial charge in [-0.05, 0) is 83.5 Å². The van der Waals surface area contributed by atoms with Crippen LogP contribution in [0.25, 0.3) is 0 Å². The molecule has 4 N–H and O–H groups in total. The molecule has 0 saturated heterocycles. The minimum Gasteiger partial charge on any atom is -0.480 e. The van der Waals surface area contributed by atoms with E-state index < -0.39 is 45.1 Å². The molecule has 10 nitrogen and oxygen atoms in total. The summed E-state index contributed by atoms with van der Waals surface area (Å²) < 4.78 is 33.1. The zero-order valence-electron chi connectivity index (χ0n) is 33.2. The zero-order valence-corrected chi connectivity index (χ0v) is 34.1. The number of carboxylic acids is 1. The van der Waals surface area contributed by atoms with Gasteiger partial charge >= 0.3 is 19.8 Å². The summed E-state index contributed by atoms with van der Waals surface area (Å²) in [5.74, 6) is -1.89. The molecule has 0 aromatic carbocycles. The van der Waals surface area contributed by atoms with Crippen molar-refractivity contribution < 1.29 is 42.7 Å². The lowest BCUT2D eigenvalue weighted by molar-refractivity contribution is -0.154. The van der Waals surface area contributed by atoms with E-state index in [-0.39, 0.29) is 13.0 Å². The number of hydrogen-bond donors (Lipinski definition) is 3. The highest BCUT2D eigenvalue weighted by Crippen LogP contribution is 2.43. The number of ether oxygens (including phenoxy) is 2. The van der Waals surface area contributed by atoms with E-state index in [1.54, 1.807) is 0 Å². The maximum absolute atomic E-state index is 12.6. The molecule has 0 heterocycles. The number of aliphatic carboxylic acids is 1. The molecule has 0 aromatic heterocycles. The van der Waals surface area contributed by atoms with Crippen LogP contribution in [0, 0.1) is 0 Å². The molecule has 11 heteroatoms. The van der Waals surface area contributed by atoms with Gasteiger partial charge in [0.05, 0.1) is 26.4 Å². The molecule has 0 rings (SSSR count). The number of nitrogens with two attached hydrogens (primary N) is 1. The first-order valence-electron chi connectivity index (χ1n) is 19.6. The van der Waals surface area contributed by atoms with Crippen LogP contribution in [0.3, 0.4) is 0 Å². The molecule has 0 bridgehead atoms. The molecule has 55 heavy (non-hydrogen) atoms. The summed E-state index contributed by atoms with van der Waals surface area (Å²) in [7, 11) is -4.66. The monoisotopic (exact) mass is 785 g/mol. The molecule has 0 amide bonds. The van der Waals surface area contributed by atoms with E-state index in [9.17, 15) is 19.0 Å². The molecule has 0 radical (unpaired) electrons. The van der Waals surface area contributed by atoms with Crippen LogP contribution in [0.5, 0.6) is 0 Å². The fourth-order valence-corrected chi connectivity index (χ4v) is 5.07. The van der Waals surface area contributed by atoms with Crippen LogP contribution in [-0.2, 0) is 32.7 Å². The first-order valence-corrected chi connectivity index (χ1v) is 21.1. The van der Waals surface area contributed by atoms with Gasteiger partial charge in [0.25, 0.3) is 0 Å². The van der Waals surface area contributed by atoms with Crippen molar-refractivity contribution in [3.63, 3.8) is 0 Å². The van der Waals surface area contributed by atoms with Crippen molar-refractivity contribution in [1.29, 1.82) is 0 Å². The number of phosphoric ester groups is 1. The Morgan fingerprint density at radius 2 is 0.964 bits per heavy atom. The fraction of sp³-hybridized carbons (Fsp3) is 0.500. The van der Waals surface area contributed by atoms with Gasteiger partial charge in [-0.15, -0.1) is 0 Å². The van der Waals surface area contributed by atoms with Gasteiger partial charge in [-0.25, -0.2) is 4.57 Å². The molecule has 0 aliphatic rings. The summed E-state index contributed by atoms with van der Waals surface area (Å²) in [5, 5.41) is 8.87. The van der Waals surface area contributed by atoms with Crippen molar-refractivity contribution in [3.05, 3.63) is 122 Å². The SMILES string of the molecule is CC/C=C\C/C=C\C/C=C\C/C=C\C/C=C\CCCC(=O)OC(COCC/C=C\C/C=C\C/C=C\C/C=C\C/C=C\CC)COP(=O)(O)OCC(N)C(=O)O. The molecular formula is C44H68NO9P. The Hall–Kier alpha value is -3.63. The lowest BCUT2D eigenvalue weighted by atomic mass is 10.2. The summed E-state index contributed by atoms with van der Waals surface area (Å²) in [6, 6.07) is -1.50. The molecule has 0 aromatic rings. The van der Waals surface area contributed by atoms with Gasteiger partial charge in [0.2, 0.25) is 0 Å². The second-order valence-corrected chi connectivity index (χ2v) is 13.7. The predicted molar refractivity (Wildman–Crippen MR) is 225 cm³/mol. The average Bonchev–Trinajstić information content (AvgIpc) is 3.16. The van der Waals surface area contributed by atoms with E-state index in [1.807, 2.05) is 18.2 Å². The van der Waals surface area contributed by atoms with Gasteiger partial charge in [-0.2, -0.15) is 0 Å². The quantitative estimate of drug-likeness (QED) is 0.0245. The van der Waals surface area contributed by atoms with E-state index in [1.165, 1.54) is 0 Å². The molecule has 308 valence electrons. The standard InChI is InChI=1S/C44H68NO9P/c1-3-5-7-9-11-13-15-17-19-21-22-24-26-28-30-32-34-36-43(46)54-41(39-52-55(49,50)53-40-42(45)44(47)48)38-51-37-35-33-31-29-27-25-23-20-18-16-14-12-10-8-6-4-2/h5-8,11-14,17-20,22,24-25,27-28,30-31,33,41-42H,3-4,9-10,15-16,21,23,26,29,32,34-40,45H2,1-2H3,(H,47,48)(H,49,50)/b7-5-,8-6-,13-11-,14-12-,19-17-,20-18-,24-22-,27-25-,30-28-,33-31-. The number of allylic oxidation sites excluding steroid dienone is 19. The third kappa shape index (κ3) is 38.4. The van der Waals surface area contributed by atoms with Crippen molar-refractivity contribution >= 4 is 19.8 Å². The molecule has 0 fully saturated rings. The molecule has 3 atom stereocenters. The van der Waals surface area contributed by atoms with Gasteiger partial charge in [0.1, 0.15) is 12.1 Å². The Balaban J connectivity index is 4.56. The maximum Gasteiger partial charge on any atom is 0.472 e. The Morgan fingerprint density at radius 3 is 1.38 bits per heavy atom. The van der Waals surface area contributed by atoms with Crippen LogP contribution in [0.15, 0.2) is 122 Å². The number of esters is 1. The van der Waals surface area contributed by atoms with Crippen molar-refractivity contribution in [2.45, 2.75) is 116 Å². The highest BCUT2D eigenvalue weighted by atomic mass is 31.2. The minimum absolute atomic E-state index is 0.0696. The first-order chi connectivity index (χ1) is 26.7. The number of carboxylic acid groups (broad SMARTS) is 1. The molecule has 3 unspecified atom stereocenters. The summed E-state index contributed by atoms with van der Waals surface area (Å²) in [4.78, 5) is 33.4. The third-order valence-electron chi connectivity index (χ3n) is 7.26. The summed E-state index contributed by atoms with van der Waals surface area (Å²) in [6.45, 7) is 3.31. The predicted octanol–water partition coefficient (Wildman–Crippen LogP) is 10.5. The average molecular weight is 786 g/mol. The number of phosphoric acid groups is 1. The lowest BCUT2D eigenvalue weighted by Gasteiger charge is -2.20. The van der Waals surface area contributed by atoms with Gasteiger partial charge in [-0.1, -0.05) is 135 Å². The lowest BCUT2D eigenvalue weighted by Crippen LogP contribution is -2.34. The van der Waals surface area contributed by atoms with Crippen LogP contribution in [0.2, 0.25) is 0 Å². The number of carbonyl (C=O) groups is 2. The maximum atomic E-state index is 12.6. The van der Waals surface area contributed by atoms with Crippen molar-refractivity contribution in [1.82, 2.24) is 0 Å². The van der Waals surface area contributed by atoms with Crippen LogP contribution < -0.4 is 5.73 Å². The van der Waals surface area contributed by atoms with Crippen molar-refractivity contribution in [2.24, 2.45) is 5.73 Å². The summed E-state index contributed by atoms with van der Waals surface area (Å²) in [6.07, 6.45) is 52.9. The summed E-state index contributed by atoms with van der Waals surface area (Å²) >= 11 is 0.